The summed E-state index contributed by atoms with van der Waals surface area (Å²) in [7, 11) is 0. The summed E-state index contributed by atoms with van der Waals surface area (Å²) in [6.07, 6.45) is 0.0638. The Bertz CT molecular complexity index is 734. The molecular formula is C15H15N3O4. The van der Waals surface area contributed by atoms with E-state index < -0.39 is 12.1 Å². The molecule has 0 radical (unpaired) electrons. The van der Waals surface area contributed by atoms with Gasteiger partial charge in [0.15, 0.2) is 6.10 Å². The summed E-state index contributed by atoms with van der Waals surface area (Å²) < 4.78 is 5.30. The van der Waals surface area contributed by atoms with E-state index in [1.165, 1.54) is 11.1 Å². The number of carboxylic acid groups (broad SMARTS) is 1. The third-order valence-corrected chi connectivity index (χ3v) is 3.49. The zero-order valence-electron chi connectivity index (χ0n) is 12.0. The molecule has 1 unspecified atom stereocenters. The lowest BCUT2D eigenvalue weighted by Crippen LogP contribution is -2.51. The van der Waals surface area contributed by atoms with Crippen LogP contribution in [-0.2, 0) is 9.53 Å². The maximum absolute atomic E-state index is 12.5. The van der Waals surface area contributed by atoms with E-state index in [0.717, 1.165) is 0 Å². The summed E-state index contributed by atoms with van der Waals surface area (Å²) in [6, 6.07) is 7.26. The number of aromatic nitrogens is 2. The highest BCUT2D eigenvalue weighted by atomic mass is 16.5. The normalized spacial score (nSPS) is 21.8. The van der Waals surface area contributed by atoms with E-state index in [1.807, 2.05) is 18.2 Å². The number of carbonyl (C=O) groups excluding carboxylic acids is 1. The Morgan fingerprint density at radius 2 is 2.00 bits per heavy atom. The van der Waals surface area contributed by atoms with Gasteiger partial charge in [0.2, 0.25) is 0 Å². The van der Waals surface area contributed by atoms with Crippen molar-refractivity contribution < 1.29 is 19.4 Å². The average molecular weight is 301 g/mol. The maximum atomic E-state index is 12.5. The van der Waals surface area contributed by atoms with E-state index in [1.54, 1.807) is 13.0 Å². The molecule has 2 heterocycles. The minimum Gasteiger partial charge on any atom is -0.479 e. The van der Waals surface area contributed by atoms with E-state index in [2.05, 4.69) is 9.97 Å². The average Bonchev–Trinajstić information content (AvgIpc) is 2.53. The molecule has 1 aliphatic rings. The van der Waals surface area contributed by atoms with Crippen LogP contribution in [0.5, 0.6) is 0 Å². The Morgan fingerprint density at radius 1 is 1.27 bits per heavy atom. The molecule has 7 heteroatoms. The van der Waals surface area contributed by atoms with Crippen molar-refractivity contribution in [2.45, 2.75) is 19.1 Å². The number of para-hydroxylation sites is 2. The van der Waals surface area contributed by atoms with Crippen molar-refractivity contribution in [2.75, 3.05) is 13.1 Å². The molecule has 22 heavy (non-hydrogen) atoms. The van der Waals surface area contributed by atoms with Gasteiger partial charge in [-0.25, -0.2) is 9.78 Å². The first-order valence-corrected chi connectivity index (χ1v) is 6.94. The second kappa shape index (κ2) is 5.69. The Balaban J connectivity index is 1.86. The van der Waals surface area contributed by atoms with Crippen LogP contribution in [0, 0.1) is 0 Å². The molecule has 1 saturated heterocycles. The van der Waals surface area contributed by atoms with E-state index >= 15 is 0 Å². The lowest BCUT2D eigenvalue weighted by molar-refractivity contribution is -0.160. The Hall–Kier alpha value is -2.54. The van der Waals surface area contributed by atoms with Crippen LogP contribution < -0.4 is 0 Å². The molecule has 7 nitrogen and oxygen atoms in total. The number of carboxylic acids is 1. The fourth-order valence-electron chi connectivity index (χ4n) is 2.48. The molecule has 1 fully saturated rings. The van der Waals surface area contributed by atoms with Crippen LogP contribution in [0.4, 0.5) is 0 Å². The van der Waals surface area contributed by atoms with Crippen LogP contribution in [0.3, 0.4) is 0 Å². The fourth-order valence-corrected chi connectivity index (χ4v) is 2.48. The fraction of sp³-hybridized carbons (Fsp3) is 0.333. The van der Waals surface area contributed by atoms with Crippen molar-refractivity contribution in [3.63, 3.8) is 0 Å². The predicted molar refractivity (Wildman–Crippen MR) is 77.4 cm³/mol. The topological polar surface area (TPSA) is 92.6 Å². The number of fused-ring (bicyclic) bond motifs is 1. The van der Waals surface area contributed by atoms with Crippen LogP contribution in [0.25, 0.3) is 11.0 Å². The first-order valence-electron chi connectivity index (χ1n) is 6.94. The van der Waals surface area contributed by atoms with Crippen LogP contribution in [-0.4, -0.2) is 57.1 Å². The monoisotopic (exact) mass is 301 g/mol. The van der Waals surface area contributed by atoms with Gasteiger partial charge in [0, 0.05) is 6.54 Å². The molecule has 3 rings (SSSR count). The molecule has 0 spiro atoms. The van der Waals surface area contributed by atoms with Crippen LogP contribution >= 0.6 is 0 Å². The van der Waals surface area contributed by atoms with Gasteiger partial charge in [-0.3, -0.25) is 9.78 Å². The second-order valence-corrected chi connectivity index (χ2v) is 5.23. The molecule has 1 amide bonds. The lowest BCUT2D eigenvalue weighted by atomic mass is 10.2. The molecule has 0 saturated carbocycles. The Labute approximate surface area is 126 Å². The van der Waals surface area contributed by atoms with Gasteiger partial charge in [0.25, 0.3) is 5.91 Å². The van der Waals surface area contributed by atoms with Crippen LogP contribution in [0.1, 0.15) is 17.4 Å². The van der Waals surface area contributed by atoms with Crippen molar-refractivity contribution in [3.8, 4) is 0 Å². The van der Waals surface area contributed by atoms with Gasteiger partial charge in [-0.15, -0.1) is 0 Å². The number of aliphatic carboxylic acids is 1. The number of benzene rings is 1. The molecule has 1 aromatic heterocycles. The summed E-state index contributed by atoms with van der Waals surface area (Å²) in [4.78, 5) is 33.6. The van der Waals surface area contributed by atoms with Crippen molar-refractivity contribution in [2.24, 2.45) is 0 Å². The summed E-state index contributed by atoms with van der Waals surface area (Å²) in [6.45, 7) is 2.07. The predicted octanol–water partition coefficient (Wildman–Crippen LogP) is 0.944. The van der Waals surface area contributed by atoms with E-state index in [9.17, 15) is 9.59 Å². The van der Waals surface area contributed by atoms with E-state index in [4.69, 9.17) is 9.84 Å². The largest absolute Gasteiger partial charge is 0.479 e. The van der Waals surface area contributed by atoms with Crippen LogP contribution in [0.15, 0.2) is 30.5 Å². The number of nitrogens with zero attached hydrogens (tertiary/aromatic N) is 3. The minimum atomic E-state index is -1.08. The van der Waals surface area contributed by atoms with Gasteiger partial charge in [-0.1, -0.05) is 12.1 Å². The smallest absolute Gasteiger partial charge is 0.334 e. The van der Waals surface area contributed by atoms with Crippen molar-refractivity contribution >= 4 is 22.9 Å². The first-order chi connectivity index (χ1) is 10.5. The number of amides is 1. The summed E-state index contributed by atoms with van der Waals surface area (Å²) >= 11 is 0. The molecule has 1 aromatic carbocycles. The van der Waals surface area contributed by atoms with Gasteiger partial charge in [-0.05, 0) is 19.1 Å². The second-order valence-electron chi connectivity index (χ2n) is 5.23. The van der Waals surface area contributed by atoms with Gasteiger partial charge in [0.1, 0.15) is 5.69 Å². The zero-order chi connectivity index (χ0) is 15.7. The molecule has 0 bridgehead atoms. The Kier molecular flexibility index (Phi) is 3.72. The third-order valence-electron chi connectivity index (χ3n) is 3.49. The summed E-state index contributed by atoms with van der Waals surface area (Å²) in [5, 5.41) is 9.08. The number of hydrogen-bond acceptors (Lipinski definition) is 5. The van der Waals surface area contributed by atoms with Crippen molar-refractivity contribution in [1.29, 1.82) is 0 Å². The van der Waals surface area contributed by atoms with Crippen LogP contribution in [0.2, 0.25) is 0 Å². The molecule has 1 aliphatic heterocycles. The van der Waals surface area contributed by atoms with E-state index in [-0.39, 0.29) is 24.2 Å². The quantitative estimate of drug-likeness (QED) is 0.887. The first kappa shape index (κ1) is 14.4. The molecule has 114 valence electrons. The number of ether oxygens (including phenoxy) is 1. The number of carbonyl (C=O) groups is 2. The SMILES string of the molecule is C[C@@H]1CN(C(=O)c2cnc3ccccc3n2)CC(C(=O)O)O1. The summed E-state index contributed by atoms with van der Waals surface area (Å²) in [5.74, 6) is -1.41. The van der Waals surface area contributed by atoms with Crippen molar-refractivity contribution in [1.82, 2.24) is 14.9 Å². The van der Waals surface area contributed by atoms with Gasteiger partial charge in [-0.2, -0.15) is 0 Å². The number of rotatable bonds is 2. The molecular weight excluding hydrogens is 286 g/mol. The Morgan fingerprint density at radius 3 is 2.73 bits per heavy atom. The molecule has 2 aromatic rings. The van der Waals surface area contributed by atoms with Gasteiger partial charge < -0.3 is 14.7 Å². The third kappa shape index (κ3) is 2.75. The van der Waals surface area contributed by atoms with Crippen molar-refractivity contribution in [3.05, 3.63) is 36.2 Å². The molecule has 1 N–H and O–H groups in total. The maximum Gasteiger partial charge on any atom is 0.334 e. The lowest BCUT2D eigenvalue weighted by Gasteiger charge is -2.34. The summed E-state index contributed by atoms with van der Waals surface area (Å²) in [5.41, 5.74) is 1.54. The minimum absolute atomic E-state index is 0.00696. The molecule has 2 atom stereocenters. The number of morpholine rings is 1. The highest BCUT2D eigenvalue weighted by molar-refractivity contribution is 5.94. The zero-order valence-corrected chi connectivity index (χ0v) is 12.0. The van der Waals surface area contributed by atoms with E-state index in [0.29, 0.717) is 17.6 Å². The molecule has 0 aliphatic carbocycles. The highest BCUT2D eigenvalue weighted by Gasteiger charge is 2.33. The van der Waals surface area contributed by atoms with Gasteiger partial charge >= 0.3 is 5.97 Å². The standard InChI is InChI=1S/C15H15N3O4/c1-9-7-18(8-13(22-9)15(20)21)14(19)12-6-16-10-4-2-3-5-11(10)17-12/h2-6,9,13H,7-8H2,1H3,(H,20,21)/t9-,13?/m1/s1. The number of hydrogen-bond donors (Lipinski definition) is 1. The highest BCUT2D eigenvalue weighted by Crippen LogP contribution is 2.15. The van der Waals surface area contributed by atoms with Gasteiger partial charge in [0.05, 0.1) is 29.9 Å².